The molecule has 6 rings (SSSR count). The van der Waals surface area contributed by atoms with Crippen LogP contribution in [0.4, 0.5) is 11.4 Å². The van der Waals surface area contributed by atoms with Crippen molar-refractivity contribution in [1.82, 2.24) is 0 Å². The number of nitrogens with two attached hydrogens (primary N) is 2. The van der Waals surface area contributed by atoms with Crippen LogP contribution >= 0.6 is 0 Å². The maximum Gasteiger partial charge on any atom is 0.339 e. The van der Waals surface area contributed by atoms with E-state index >= 15 is 0 Å². The molecule has 10 nitrogen and oxygen atoms in total. The Morgan fingerprint density at radius 3 is 1.33 bits per heavy atom. The zero-order chi connectivity index (χ0) is 29.8. The lowest BCUT2D eigenvalue weighted by Gasteiger charge is -2.13. The summed E-state index contributed by atoms with van der Waals surface area (Å²) in [6.45, 7) is 0. The van der Waals surface area contributed by atoms with Crippen LogP contribution in [0.2, 0.25) is 0 Å². The molecule has 0 saturated heterocycles. The van der Waals surface area contributed by atoms with Gasteiger partial charge in [0.2, 0.25) is 0 Å². The number of phenolic OH excluding ortho intramolecular Hbond substituents is 2. The summed E-state index contributed by atoms with van der Waals surface area (Å²) in [6, 6.07) is 23.6. The van der Waals surface area contributed by atoms with E-state index < -0.39 is 20.2 Å². The molecule has 0 spiro atoms. The van der Waals surface area contributed by atoms with Crippen molar-refractivity contribution in [2.24, 2.45) is 0 Å². The molecule has 0 amide bonds. The maximum atomic E-state index is 13.2. The van der Waals surface area contributed by atoms with Crippen molar-refractivity contribution >= 4 is 63.9 Å². The van der Waals surface area contributed by atoms with Gasteiger partial charge in [-0.15, -0.1) is 0 Å². The van der Waals surface area contributed by atoms with E-state index in [4.69, 9.17) is 19.8 Å². The Labute approximate surface area is 240 Å². The van der Waals surface area contributed by atoms with Crippen LogP contribution in [0.3, 0.4) is 0 Å². The van der Waals surface area contributed by atoms with Crippen molar-refractivity contribution < 1.29 is 35.4 Å². The zero-order valence-corrected chi connectivity index (χ0v) is 23.2. The number of benzene rings is 6. The Balaban J connectivity index is 1.34. The molecule has 0 radical (unpaired) electrons. The first-order valence-corrected chi connectivity index (χ1v) is 15.2. The minimum Gasteiger partial charge on any atom is -0.507 e. The summed E-state index contributed by atoms with van der Waals surface area (Å²) < 4.78 is 63.4. The van der Waals surface area contributed by atoms with Gasteiger partial charge in [0.05, 0.1) is 22.1 Å². The number of anilines is 2. The number of hydrogen-bond acceptors (Lipinski definition) is 10. The molecule has 0 heterocycles. The van der Waals surface area contributed by atoms with Crippen molar-refractivity contribution in [3.8, 4) is 23.0 Å². The fourth-order valence-electron chi connectivity index (χ4n) is 4.73. The minimum absolute atomic E-state index is 0.0539. The number of phenols is 2. The highest BCUT2D eigenvalue weighted by atomic mass is 32.2. The van der Waals surface area contributed by atoms with Gasteiger partial charge in [0.1, 0.15) is 21.3 Å². The number of nitrogen functional groups attached to an aromatic ring is 2. The molecular weight excluding hydrogens is 580 g/mol. The van der Waals surface area contributed by atoms with E-state index in [2.05, 4.69) is 0 Å². The molecule has 212 valence electrons. The molecule has 42 heavy (non-hydrogen) atoms. The molecule has 0 saturated carbocycles. The smallest absolute Gasteiger partial charge is 0.339 e. The molecule has 0 aliphatic heterocycles. The number of rotatable bonds is 6. The van der Waals surface area contributed by atoms with Gasteiger partial charge in [-0.25, -0.2) is 0 Å². The normalized spacial score (nSPS) is 12.1. The molecule has 0 fully saturated rings. The summed E-state index contributed by atoms with van der Waals surface area (Å²) in [5, 5.41) is 22.9. The van der Waals surface area contributed by atoms with Crippen molar-refractivity contribution in [3.05, 3.63) is 97.1 Å². The van der Waals surface area contributed by atoms with Crippen LogP contribution in [0.15, 0.2) is 107 Å². The number of aromatic hydroxyl groups is 2. The first-order chi connectivity index (χ1) is 19.9. The summed E-state index contributed by atoms with van der Waals surface area (Å²) in [6.07, 6.45) is 0. The zero-order valence-electron chi connectivity index (χ0n) is 21.6. The van der Waals surface area contributed by atoms with Crippen LogP contribution < -0.4 is 19.8 Å². The van der Waals surface area contributed by atoms with E-state index in [1.807, 2.05) is 0 Å². The molecular formula is C30H22N2O8S2. The fourth-order valence-corrected chi connectivity index (χ4v) is 6.70. The van der Waals surface area contributed by atoms with Gasteiger partial charge >= 0.3 is 20.2 Å². The molecule has 0 aliphatic rings. The Hall–Kier alpha value is -5.20. The highest BCUT2D eigenvalue weighted by Gasteiger charge is 2.23. The Kier molecular flexibility index (Phi) is 6.24. The third kappa shape index (κ3) is 4.62. The average molecular weight is 603 g/mol. The molecule has 0 unspecified atom stereocenters. The van der Waals surface area contributed by atoms with Gasteiger partial charge in [0, 0.05) is 0 Å². The van der Waals surface area contributed by atoms with Crippen molar-refractivity contribution in [3.63, 3.8) is 0 Å². The first kappa shape index (κ1) is 27.0. The highest BCUT2D eigenvalue weighted by molar-refractivity contribution is 7.87. The van der Waals surface area contributed by atoms with Gasteiger partial charge in [-0.1, -0.05) is 48.5 Å². The molecule has 0 aromatic heterocycles. The van der Waals surface area contributed by atoms with Crippen LogP contribution in [0.5, 0.6) is 23.0 Å². The van der Waals surface area contributed by atoms with Gasteiger partial charge in [0.25, 0.3) is 0 Å². The summed E-state index contributed by atoms with van der Waals surface area (Å²) >= 11 is 0. The molecule has 6 aromatic carbocycles. The van der Waals surface area contributed by atoms with E-state index in [1.54, 1.807) is 36.4 Å². The van der Waals surface area contributed by atoms with Crippen molar-refractivity contribution in [2.45, 2.75) is 9.79 Å². The lowest BCUT2D eigenvalue weighted by atomic mass is 10.1. The first-order valence-electron chi connectivity index (χ1n) is 12.4. The molecule has 0 bridgehead atoms. The van der Waals surface area contributed by atoms with Gasteiger partial charge in [0.15, 0.2) is 11.5 Å². The lowest BCUT2D eigenvalue weighted by Crippen LogP contribution is -2.12. The van der Waals surface area contributed by atoms with Gasteiger partial charge in [-0.3, -0.25) is 0 Å². The van der Waals surface area contributed by atoms with E-state index in [0.29, 0.717) is 16.2 Å². The van der Waals surface area contributed by atoms with Crippen LogP contribution in [0.25, 0.3) is 32.3 Å². The summed E-state index contributed by atoms with van der Waals surface area (Å²) in [5.41, 5.74) is 12.1. The van der Waals surface area contributed by atoms with Crippen LogP contribution in [-0.2, 0) is 20.2 Å². The molecule has 12 heteroatoms. The molecule has 6 aromatic rings. The Morgan fingerprint density at radius 1 is 0.500 bits per heavy atom. The van der Waals surface area contributed by atoms with Crippen LogP contribution in [0, 0.1) is 0 Å². The molecule has 6 N–H and O–H groups in total. The number of fused-ring (bicyclic) bond motifs is 3. The maximum absolute atomic E-state index is 13.2. The molecule has 0 aliphatic carbocycles. The summed E-state index contributed by atoms with van der Waals surface area (Å²) in [4.78, 5) is -0.506. The summed E-state index contributed by atoms with van der Waals surface area (Å²) in [5.74, 6) is -0.603. The minimum atomic E-state index is -4.42. The monoisotopic (exact) mass is 602 g/mol. The lowest BCUT2D eigenvalue weighted by molar-refractivity contribution is 0.479. The van der Waals surface area contributed by atoms with Gasteiger partial charge in [-0.2, -0.15) is 16.8 Å². The third-order valence-electron chi connectivity index (χ3n) is 6.81. The van der Waals surface area contributed by atoms with Crippen molar-refractivity contribution in [2.75, 3.05) is 11.5 Å². The third-order valence-corrected chi connectivity index (χ3v) is 9.27. The van der Waals surface area contributed by atoms with Crippen LogP contribution in [0.1, 0.15) is 0 Å². The second kappa shape index (κ2) is 9.72. The van der Waals surface area contributed by atoms with E-state index in [1.165, 1.54) is 60.7 Å². The second-order valence-corrected chi connectivity index (χ2v) is 12.5. The predicted octanol–water partition coefficient (Wildman–Crippen LogP) is 5.26. The van der Waals surface area contributed by atoms with E-state index in [9.17, 15) is 27.0 Å². The van der Waals surface area contributed by atoms with E-state index in [-0.39, 0.29) is 60.3 Å². The Bertz CT molecular complexity index is 2130. The standard InChI is InChI=1S/C30H22N2O8S2/c31-29-25(13-9-18-3-1-5-23(33)27(18)29)39-41(35,36)21-11-7-17-8-12-22(16-20(17)15-21)42(37,38)40-26-14-10-19-4-2-6-24(34)28(19)30(26)32/h1-16,33-34H,31-32H2. The van der Waals surface area contributed by atoms with Gasteiger partial charge in [-0.05, 0) is 70.1 Å². The van der Waals surface area contributed by atoms with Gasteiger partial charge < -0.3 is 30.0 Å². The Morgan fingerprint density at radius 2 is 0.905 bits per heavy atom. The quantitative estimate of drug-likeness (QED) is 0.145. The highest BCUT2D eigenvalue weighted by Crippen LogP contribution is 2.39. The van der Waals surface area contributed by atoms with Crippen molar-refractivity contribution in [1.29, 1.82) is 0 Å². The topological polar surface area (TPSA) is 179 Å². The SMILES string of the molecule is Nc1c(OS(=O)(=O)c2ccc3ccc(S(=O)(=O)Oc4ccc5cccc(O)c5c4N)cc3c2)ccc2cccc(O)c12. The van der Waals surface area contributed by atoms with Crippen LogP contribution in [-0.4, -0.2) is 27.0 Å². The second-order valence-electron chi connectivity index (χ2n) is 9.45. The largest absolute Gasteiger partial charge is 0.507 e. The predicted molar refractivity (Wildman–Crippen MR) is 160 cm³/mol. The molecule has 0 atom stereocenters. The number of hydrogen-bond donors (Lipinski definition) is 4. The fraction of sp³-hybridized carbons (Fsp3) is 0. The summed E-state index contributed by atoms with van der Waals surface area (Å²) in [7, 11) is -8.84. The van der Waals surface area contributed by atoms with E-state index in [0.717, 1.165) is 0 Å². The average Bonchev–Trinajstić information content (AvgIpc) is 2.95.